The van der Waals surface area contributed by atoms with Crippen molar-refractivity contribution in [1.29, 1.82) is 0 Å². The molecule has 2 atom stereocenters. The zero-order chi connectivity index (χ0) is 16.1. The summed E-state index contributed by atoms with van der Waals surface area (Å²) in [5.41, 5.74) is 4.53. The van der Waals surface area contributed by atoms with Crippen molar-refractivity contribution in [1.82, 2.24) is 5.32 Å². The summed E-state index contributed by atoms with van der Waals surface area (Å²) < 4.78 is 5.42. The minimum Gasteiger partial charge on any atom is -0.497 e. The molecule has 0 saturated carbocycles. The lowest BCUT2D eigenvalue weighted by Crippen LogP contribution is -2.30. The predicted octanol–water partition coefficient (Wildman–Crippen LogP) is 5.07. The molecule has 0 aliphatic heterocycles. The molecule has 2 nitrogen and oxygen atoms in total. The van der Waals surface area contributed by atoms with Gasteiger partial charge in [0.1, 0.15) is 5.75 Å². The molecule has 2 aromatic rings. The van der Waals surface area contributed by atoms with Gasteiger partial charge in [0.25, 0.3) is 0 Å². The van der Waals surface area contributed by atoms with Gasteiger partial charge in [-0.25, -0.2) is 0 Å². The monoisotopic (exact) mass is 365 g/mol. The normalized spacial score (nSPS) is 17.7. The van der Waals surface area contributed by atoms with Gasteiger partial charge >= 0.3 is 0 Å². The minimum atomic E-state index is 0. The fourth-order valence-electron chi connectivity index (χ4n) is 3.84. The van der Waals surface area contributed by atoms with Crippen molar-refractivity contribution in [3.8, 4) is 5.75 Å². The summed E-state index contributed by atoms with van der Waals surface area (Å²) in [4.78, 5) is 0. The van der Waals surface area contributed by atoms with E-state index in [9.17, 15) is 0 Å². The maximum Gasteiger partial charge on any atom is 0.119 e. The molecule has 0 fully saturated rings. The quantitative estimate of drug-likeness (QED) is 0.739. The van der Waals surface area contributed by atoms with E-state index in [0.717, 1.165) is 18.8 Å². The number of fused-ring (bicyclic) bond motifs is 1. The maximum absolute atomic E-state index is 5.42. The average molecular weight is 366 g/mol. The maximum atomic E-state index is 5.42. The van der Waals surface area contributed by atoms with Crippen LogP contribution in [0.5, 0.6) is 5.75 Å². The summed E-state index contributed by atoms with van der Waals surface area (Å²) in [5.74, 6) is 2.31. The van der Waals surface area contributed by atoms with Crippen LogP contribution in [0.4, 0.5) is 0 Å². The summed E-state index contributed by atoms with van der Waals surface area (Å²) in [6.07, 6.45) is 4.96. The molecule has 0 radical (unpaired) electrons. The van der Waals surface area contributed by atoms with Crippen LogP contribution in [0.15, 0.2) is 35.0 Å². The smallest absolute Gasteiger partial charge is 0.119 e. The number of rotatable bonds is 7. The number of thiophene rings is 1. The van der Waals surface area contributed by atoms with Crippen LogP contribution < -0.4 is 10.1 Å². The van der Waals surface area contributed by atoms with E-state index in [-0.39, 0.29) is 12.4 Å². The number of hydrogen-bond donors (Lipinski definition) is 1. The van der Waals surface area contributed by atoms with E-state index in [4.69, 9.17) is 4.74 Å². The highest BCUT2D eigenvalue weighted by molar-refractivity contribution is 7.07. The van der Waals surface area contributed by atoms with E-state index in [1.54, 1.807) is 24.0 Å². The van der Waals surface area contributed by atoms with Crippen LogP contribution in [-0.2, 0) is 12.8 Å². The zero-order valence-electron chi connectivity index (χ0n) is 14.6. The summed E-state index contributed by atoms with van der Waals surface area (Å²) >= 11 is 1.81. The number of nitrogens with one attached hydrogen (secondary N) is 1. The van der Waals surface area contributed by atoms with Crippen molar-refractivity contribution >= 4 is 23.7 Å². The van der Waals surface area contributed by atoms with E-state index in [0.29, 0.717) is 11.8 Å². The van der Waals surface area contributed by atoms with E-state index >= 15 is 0 Å². The molecule has 3 rings (SSSR count). The highest BCUT2D eigenvalue weighted by Gasteiger charge is 2.28. The molecule has 1 aliphatic rings. The van der Waals surface area contributed by atoms with Gasteiger partial charge in [0.05, 0.1) is 7.11 Å². The van der Waals surface area contributed by atoms with Crippen molar-refractivity contribution in [3.05, 3.63) is 51.7 Å². The first-order valence-corrected chi connectivity index (χ1v) is 9.64. The number of halogens is 1. The highest BCUT2D eigenvalue weighted by Crippen LogP contribution is 2.39. The second-order valence-electron chi connectivity index (χ2n) is 6.47. The first kappa shape index (κ1) is 19.3. The third-order valence-electron chi connectivity index (χ3n) is 5.01. The fourth-order valence-corrected chi connectivity index (χ4v) is 4.52. The lowest BCUT2D eigenvalue weighted by molar-refractivity contribution is 0.358. The van der Waals surface area contributed by atoms with E-state index in [1.165, 1.54) is 36.8 Å². The van der Waals surface area contributed by atoms with Gasteiger partial charge in [0.2, 0.25) is 0 Å². The van der Waals surface area contributed by atoms with Crippen LogP contribution in [0.1, 0.15) is 42.4 Å². The molecule has 132 valence electrons. The average Bonchev–Trinajstić information content (AvgIpc) is 3.10. The molecule has 1 aromatic carbocycles. The van der Waals surface area contributed by atoms with Crippen LogP contribution in [0.2, 0.25) is 0 Å². The Bertz CT molecular complexity index is 614. The Morgan fingerprint density at radius 2 is 2.21 bits per heavy atom. The summed E-state index contributed by atoms with van der Waals surface area (Å²) in [6.45, 7) is 4.34. The second kappa shape index (κ2) is 9.45. The molecule has 1 aliphatic carbocycles. The molecule has 0 bridgehead atoms. The number of methoxy groups -OCH3 is 1. The molecule has 1 N–H and O–H groups in total. The topological polar surface area (TPSA) is 21.3 Å². The first-order chi connectivity index (χ1) is 11.3. The Morgan fingerprint density at radius 3 is 2.92 bits per heavy atom. The van der Waals surface area contributed by atoms with Gasteiger partial charge in [0, 0.05) is 0 Å². The molecule has 24 heavy (non-hydrogen) atoms. The summed E-state index contributed by atoms with van der Waals surface area (Å²) in [5, 5.41) is 8.09. The molecule has 0 saturated heterocycles. The molecule has 1 heterocycles. The second-order valence-corrected chi connectivity index (χ2v) is 7.25. The molecule has 0 amide bonds. The number of hydrogen-bond acceptors (Lipinski definition) is 3. The number of ether oxygens (including phenoxy) is 1. The van der Waals surface area contributed by atoms with Gasteiger partial charge in [-0.1, -0.05) is 13.0 Å². The van der Waals surface area contributed by atoms with Crippen LogP contribution in [0.25, 0.3) is 0 Å². The van der Waals surface area contributed by atoms with Gasteiger partial charge in [-0.15, -0.1) is 12.4 Å². The Morgan fingerprint density at radius 1 is 1.33 bits per heavy atom. The zero-order valence-corrected chi connectivity index (χ0v) is 16.2. The largest absolute Gasteiger partial charge is 0.497 e. The predicted molar refractivity (Wildman–Crippen MR) is 106 cm³/mol. The Hall–Kier alpha value is -1.03. The Kier molecular flexibility index (Phi) is 7.60. The molecule has 0 spiro atoms. The number of benzene rings is 1. The van der Waals surface area contributed by atoms with Crippen molar-refractivity contribution in [2.75, 3.05) is 20.2 Å². The molecule has 1 aromatic heterocycles. The van der Waals surface area contributed by atoms with Crippen molar-refractivity contribution < 1.29 is 4.74 Å². The lowest BCUT2D eigenvalue weighted by Gasteiger charge is -2.33. The first-order valence-electron chi connectivity index (χ1n) is 8.70. The Balaban J connectivity index is 0.00000208. The standard InChI is InChI=1S/C20H27NOS.ClH/c1-3-21-13-17(11-15-9-10-23-14-15)19-6-4-5-16-12-18(22-2)7-8-20(16)19;/h7-10,12,14,17,19,21H,3-6,11,13H2,1-2H3;1H. The number of aryl methyl sites for hydroxylation is 1. The van der Waals surface area contributed by atoms with Crippen molar-refractivity contribution in [2.45, 2.75) is 38.5 Å². The van der Waals surface area contributed by atoms with E-state index in [1.807, 2.05) is 0 Å². The Labute approximate surface area is 156 Å². The van der Waals surface area contributed by atoms with Gasteiger partial charge in [-0.3, -0.25) is 0 Å². The van der Waals surface area contributed by atoms with E-state index in [2.05, 4.69) is 47.3 Å². The summed E-state index contributed by atoms with van der Waals surface area (Å²) in [6, 6.07) is 8.97. The molecule has 2 unspecified atom stereocenters. The fraction of sp³-hybridized carbons (Fsp3) is 0.500. The van der Waals surface area contributed by atoms with Crippen LogP contribution in [0, 0.1) is 5.92 Å². The lowest BCUT2D eigenvalue weighted by atomic mass is 9.74. The van der Waals surface area contributed by atoms with Gasteiger partial charge in [0.15, 0.2) is 0 Å². The van der Waals surface area contributed by atoms with Crippen molar-refractivity contribution in [3.63, 3.8) is 0 Å². The third-order valence-corrected chi connectivity index (χ3v) is 5.75. The van der Waals surface area contributed by atoms with Gasteiger partial charge < -0.3 is 10.1 Å². The highest BCUT2D eigenvalue weighted by atomic mass is 35.5. The van der Waals surface area contributed by atoms with E-state index < -0.39 is 0 Å². The minimum absolute atomic E-state index is 0. The molecular weight excluding hydrogens is 338 g/mol. The van der Waals surface area contributed by atoms with Gasteiger partial charge in [-0.2, -0.15) is 11.3 Å². The van der Waals surface area contributed by atoms with Gasteiger partial charge in [-0.05, 0) is 96.3 Å². The molecule has 4 heteroatoms. The molecular formula is C20H28ClNOS. The van der Waals surface area contributed by atoms with Crippen molar-refractivity contribution in [2.24, 2.45) is 5.92 Å². The van der Waals surface area contributed by atoms with Crippen LogP contribution in [0.3, 0.4) is 0 Å². The van der Waals surface area contributed by atoms with Crippen LogP contribution >= 0.6 is 23.7 Å². The van der Waals surface area contributed by atoms with Crippen LogP contribution in [-0.4, -0.2) is 20.2 Å². The SMILES string of the molecule is CCNCC(Cc1ccsc1)C1CCCc2cc(OC)ccc21.Cl. The third kappa shape index (κ3) is 4.53. The summed E-state index contributed by atoms with van der Waals surface area (Å²) in [7, 11) is 1.76.